The Morgan fingerprint density at radius 2 is 2.36 bits per heavy atom. The van der Waals surface area contributed by atoms with Gasteiger partial charge in [-0.2, -0.15) is 5.10 Å². The third kappa shape index (κ3) is 2.91. The summed E-state index contributed by atoms with van der Waals surface area (Å²) in [4.78, 5) is 25.9. The molecule has 7 nitrogen and oxygen atoms in total. The fourth-order valence-corrected chi connectivity index (χ4v) is 3.46. The molecule has 0 aliphatic carbocycles. The van der Waals surface area contributed by atoms with Gasteiger partial charge in [-0.3, -0.25) is 14.7 Å². The lowest BCUT2D eigenvalue weighted by atomic mass is 10.0. The van der Waals surface area contributed by atoms with Crippen molar-refractivity contribution in [2.75, 3.05) is 25.2 Å². The highest BCUT2D eigenvalue weighted by Gasteiger charge is 2.26. The number of H-pyrrole nitrogens is 1. The van der Waals surface area contributed by atoms with Crippen molar-refractivity contribution in [3.8, 4) is 0 Å². The summed E-state index contributed by atoms with van der Waals surface area (Å²) in [5.74, 6) is 0.146. The van der Waals surface area contributed by atoms with E-state index in [0.29, 0.717) is 31.7 Å². The number of fused-ring (bicyclic) bond motifs is 1. The predicted molar refractivity (Wildman–Crippen MR) is 91.5 cm³/mol. The van der Waals surface area contributed by atoms with Crippen LogP contribution in [0.2, 0.25) is 0 Å². The minimum absolute atomic E-state index is 0.0954. The average Bonchev–Trinajstić information content (AvgIpc) is 3.33. The quantitative estimate of drug-likeness (QED) is 0.880. The Hall–Kier alpha value is -2.67. The zero-order chi connectivity index (χ0) is 17.4. The first kappa shape index (κ1) is 15.8. The van der Waals surface area contributed by atoms with Crippen molar-refractivity contribution < 1.29 is 14.3 Å². The highest BCUT2D eigenvalue weighted by atomic mass is 16.5. The van der Waals surface area contributed by atoms with Gasteiger partial charge in [-0.25, -0.2) is 0 Å². The highest BCUT2D eigenvalue weighted by molar-refractivity contribution is 6.01. The third-order valence-corrected chi connectivity index (χ3v) is 4.93. The van der Waals surface area contributed by atoms with Crippen LogP contribution in [0.1, 0.15) is 39.5 Å². The van der Waals surface area contributed by atoms with E-state index in [1.54, 1.807) is 18.1 Å². The molecule has 0 radical (unpaired) electrons. The van der Waals surface area contributed by atoms with Gasteiger partial charge in [-0.15, -0.1) is 0 Å². The molecular weight excluding hydrogens is 320 g/mol. The molecule has 1 fully saturated rings. The molecule has 2 aromatic rings. The number of amides is 2. The Labute approximate surface area is 145 Å². The van der Waals surface area contributed by atoms with Crippen molar-refractivity contribution in [3.63, 3.8) is 0 Å². The lowest BCUT2D eigenvalue weighted by Crippen LogP contribution is -2.24. The number of benzene rings is 1. The van der Waals surface area contributed by atoms with E-state index < -0.39 is 0 Å². The summed E-state index contributed by atoms with van der Waals surface area (Å²) in [6.45, 7) is 1.75. The maximum Gasteiger partial charge on any atom is 0.255 e. The second-order valence-corrected chi connectivity index (χ2v) is 6.53. The van der Waals surface area contributed by atoms with Gasteiger partial charge < -0.3 is 15.0 Å². The molecule has 7 heteroatoms. The van der Waals surface area contributed by atoms with Crippen LogP contribution in [-0.2, 0) is 22.5 Å². The Balaban J connectivity index is 1.44. The topological polar surface area (TPSA) is 87.3 Å². The minimum Gasteiger partial charge on any atom is -0.381 e. The number of likely N-dealkylation sites (N-methyl/N-ethyl adjacent to an activating group) is 1. The first-order valence-electron chi connectivity index (χ1n) is 8.41. The van der Waals surface area contributed by atoms with Gasteiger partial charge in [0.1, 0.15) is 0 Å². The van der Waals surface area contributed by atoms with Crippen LogP contribution in [0.5, 0.6) is 0 Å². The molecule has 25 heavy (non-hydrogen) atoms. The number of anilines is 1. The normalized spacial score (nSPS) is 19.3. The fraction of sp³-hybridized carbons (Fsp3) is 0.389. The number of nitrogens with one attached hydrogen (secondary N) is 2. The largest absolute Gasteiger partial charge is 0.381 e. The fourth-order valence-electron chi connectivity index (χ4n) is 3.46. The molecular formula is C18H20N4O3. The number of hydrogen-bond donors (Lipinski definition) is 2. The van der Waals surface area contributed by atoms with Gasteiger partial charge >= 0.3 is 0 Å². The van der Waals surface area contributed by atoms with Crippen molar-refractivity contribution in [1.29, 1.82) is 0 Å². The SMILES string of the molecule is CN1C(=O)Cc2cc(CNC(=O)c3cn[nH]c3C3CCOC3)ccc21. The Morgan fingerprint density at radius 1 is 1.48 bits per heavy atom. The number of ether oxygens (including phenoxy) is 1. The van der Waals surface area contributed by atoms with E-state index in [4.69, 9.17) is 4.74 Å². The van der Waals surface area contributed by atoms with Crippen molar-refractivity contribution in [1.82, 2.24) is 15.5 Å². The van der Waals surface area contributed by atoms with Crippen molar-refractivity contribution in [2.45, 2.75) is 25.3 Å². The van der Waals surface area contributed by atoms with E-state index >= 15 is 0 Å². The van der Waals surface area contributed by atoms with Crippen LogP contribution >= 0.6 is 0 Å². The molecule has 1 aromatic heterocycles. The molecule has 1 unspecified atom stereocenters. The van der Waals surface area contributed by atoms with E-state index in [2.05, 4.69) is 15.5 Å². The lowest BCUT2D eigenvalue weighted by molar-refractivity contribution is -0.117. The maximum atomic E-state index is 12.5. The molecule has 130 valence electrons. The Bertz CT molecular complexity index is 823. The van der Waals surface area contributed by atoms with E-state index in [1.165, 1.54) is 0 Å². The van der Waals surface area contributed by atoms with Gasteiger partial charge in [-0.1, -0.05) is 12.1 Å². The lowest BCUT2D eigenvalue weighted by Gasteiger charge is -2.11. The zero-order valence-electron chi connectivity index (χ0n) is 14.0. The first-order valence-corrected chi connectivity index (χ1v) is 8.41. The predicted octanol–water partition coefficient (Wildman–Crippen LogP) is 1.36. The maximum absolute atomic E-state index is 12.5. The van der Waals surface area contributed by atoms with Gasteiger partial charge in [0.2, 0.25) is 5.91 Å². The molecule has 2 aliphatic heterocycles. The number of aromatic nitrogens is 2. The molecule has 0 bridgehead atoms. The van der Waals surface area contributed by atoms with Crippen molar-refractivity contribution in [2.24, 2.45) is 0 Å². The molecule has 4 rings (SSSR count). The Kier molecular flexibility index (Phi) is 4.01. The molecule has 2 aliphatic rings. The van der Waals surface area contributed by atoms with E-state index in [1.807, 2.05) is 18.2 Å². The number of carbonyl (C=O) groups is 2. The Morgan fingerprint density at radius 3 is 3.16 bits per heavy atom. The molecule has 0 saturated carbocycles. The van der Waals surface area contributed by atoms with Gasteiger partial charge in [0.25, 0.3) is 5.91 Å². The number of aromatic amines is 1. The molecule has 1 aromatic carbocycles. The van der Waals surface area contributed by atoms with Crippen LogP contribution in [0.3, 0.4) is 0 Å². The van der Waals surface area contributed by atoms with Gasteiger partial charge in [0.05, 0.1) is 30.5 Å². The molecule has 1 atom stereocenters. The summed E-state index contributed by atoms with van der Waals surface area (Å²) in [5, 5.41) is 9.90. The highest BCUT2D eigenvalue weighted by Crippen LogP contribution is 2.28. The number of nitrogens with zero attached hydrogens (tertiary/aromatic N) is 2. The van der Waals surface area contributed by atoms with Crippen LogP contribution < -0.4 is 10.2 Å². The molecule has 0 spiro atoms. The molecule has 3 heterocycles. The second-order valence-electron chi connectivity index (χ2n) is 6.53. The summed E-state index contributed by atoms with van der Waals surface area (Å²) in [5.41, 5.74) is 4.34. The third-order valence-electron chi connectivity index (χ3n) is 4.93. The summed E-state index contributed by atoms with van der Waals surface area (Å²) in [7, 11) is 1.78. The number of carbonyl (C=O) groups excluding carboxylic acids is 2. The number of hydrogen-bond acceptors (Lipinski definition) is 4. The summed E-state index contributed by atoms with van der Waals surface area (Å²) in [6, 6.07) is 5.86. The summed E-state index contributed by atoms with van der Waals surface area (Å²) < 4.78 is 5.39. The molecule has 2 N–H and O–H groups in total. The second kappa shape index (κ2) is 6.33. The monoisotopic (exact) mass is 340 g/mol. The molecule has 1 saturated heterocycles. The van der Waals surface area contributed by atoms with E-state index in [0.717, 1.165) is 28.9 Å². The summed E-state index contributed by atoms with van der Waals surface area (Å²) in [6.07, 6.45) is 2.88. The first-order chi connectivity index (χ1) is 12.1. The van der Waals surface area contributed by atoms with Crippen LogP contribution in [0.15, 0.2) is 24.4 Å². The van der Waals surface area contributed by atoms with Gasteiger partial charge in [-0.05, 0) is 23.6 Å². The van der Waals surface area contributed by atoms with Crippen LogP contribution in [0.4, 0.5) is 5.69 Å². The van der Waals surface area contributed by atoms with Gasteiger partial charge in [0, 0.05) is 31.8 Å². The molecule has 2 amide bonds. The van der Waals surface area contributed by atoms with Gasteiger partial charge in [0.15, 0.2) is 0 Å². The van der Waals surface area contributed by atoms with Crippen molar-refractivity contribution >= 4 is 17.5 Å². The average molecular weight is 340 g/mol. The van der Waals surface area contributed by atoms with Crippen LogP contribution in [0.25, 0.3) is 0 Å². The zero-order valence-corrected chi connectivity index (χ0v) is 14.0. The van der Waals surface area contributed by atoms with Crippen molar-refractivity contribution in [3.05, 3.63) is 46.8 Å². The van der Waals surface area contributed by atoms with E-state index in [-0.39, 0.29) is 17.7 Å². The standard InChI is InChI=1S/C18H20N4O3/c1-22-15-3-2-11(6-13(15)7-16(22)23)8-19-18(24)14-9-20-21-17(14)12-4-5-25-10-12/h2-3,6,9,12H,4-5,7-8,10H2,1H3,(H,19,24)(H,20,21). The summed E-state index contributed by atoms with van der Waals surface area (Å²) >= 11 is 0. The van der Waals surface area contributed by atoms with Crippen LogP contribution in [-0.4, -0.2) is 42.3 Å². The van der Waals surface area contributed by atoms with Crippen LogP contribution in [0, 0.1) is 0 Å². The minimum atomic E-state index is -0.149. The van der Waals surface area contributed by atoms with E-state index in [9.17, 15) is 9.59 Å². The number of rotatable bonds is 4. The smallest absolute Gasteiger partial charge is 0.255 e.